The highest BCUT2D eigenvalue weighted by Crippen LogP contribution is 2.32. The number of para-hydroxylation sites is 1. The van der Waals surface area contributed by atoms with Crippen LogP contribution in [0.4, 0.5) is 5.13 Å². The predicted molar refractivity (Wildman–Crippen MR) is 115 cm³/mol. The summed E-state index contributed by atoms with van der Waals surface area (Å²) in [6.07, 6.45) is 3.21. The summed E-state index contributed by atoms with van der Waals surface area (Å²) in [4.78, 5) is 17.1. The SMILES string of the molecule is COc1ccccc1-c1cnccc1C(=O)Nc1nnc(OCc2ccccc2)s1. The van der Waals surface area contributed by atoms with Crippen molar-refractivity contribution < 1.29 is 14.3 Å². The Labute approximate surface area is 177 Å². The van der Waals surface area contributed by atoms with Crippen LogP contribution in [0.5, 0.6) is 10.9 Å². The van der Waals surface area contributed by atoms with Crippen LogP contribution in [0.3, 0.4) is 0 Å². The Morgan fingerprint density at radius 1 is 1.00 bits per heavy atom. The molecule has 0 spiro atoms. The second-order valence-electron chi connectivity index (χ2n) is 6.22. The Balaban J connectivity index is 1.49. The summed E-state index contributed by atoms with van der Waals surface area (Å²) in [6, 6.07) is 18.9. The number of carbonyl (C=O) groups is 1. The van der Waals surface area contributed by atoms with Crippen LogP contribution < -0.4 is 14.8 Å². The van der Waals surface area contributed by atoms with Crippen molar-refractivity contribution in [2.24, 2.45) is 0 Å². The molecule has 8 heteroatoms. The molecule has 2 aromatic heterocycles. The second kappa shape index (κ2) is 9.15. The maximum absolute atomic E-state index is 12.9. The van der Waals surface area contributed by atoms with Crippen molar-refractivity contribution in [1.29, 1.82) is 0 Å². The molecule has 0 fully saturated rings. The number of benzene rings is 2. The number of rotatable bonds is 7. The van der Waals surface area contributed by atoms with Gasteiger partial charge in [0.05, 0.1) is 12.7 Å². The number of aromatic nitrogens is 3. The molecular formula is C22H18N4O3S. The lowest BCUT2D eigenvalue weighted by Crippen LogP contribution is -2.13. The van der Waals surface area contributed by atoms with Crippen LogP contribution >= 0.6 is 11.3 Å². The van der Waals surface area contributed by atoms with E-state index in [1.807, 2.05) is 54.6 Å². The monoisotopic (exact) mass is 418 g/mol. The van der Waals surface area contributed by atoms with Crippen molar-refractivity contribution in [3.8, 4) is 22.1 Å². The van der Waals surface area contributed by atoms with E-state index in [0.29, 0.717) is 33.8 Å². The van der Waals surface area contributed by atoms with E-state index in [4.69, 9.17) is 9.47 Å². The third-order valence-corrected chi connectivity index (χ3v) is 5.05. The second-order valence-corrected chi connectivity index (χ2v) is 7.16. The highest BCUT2D eigenvalue weighted by molar-refractivity contribution is 7.17. The molecule has 0 unspecified atom stereocenters. The van der Waals surface area contributed by atoms with Gasteiger partial charge in [-0.15, -0.1) is 5.10 Å². The third kappa shape index (κ3) is 4.44. The van der Waals surface area contributed by atoms with Gasteiger partial charge in [-0.2, -0.15) is 0 Å². The highest BCUT2D eigenvalue weighted by Gasteiger charge is 2.17. The first kappa shape index (κ1) is 19.5. The minimum Gasteiger partial charge on any atom is -0.496 e. The molecular weight excluding hydrogens is 400 g/mol. The van der Waals surface area contributed by atoms with Gasteiger partial charge in [0.25, 0.3) is 11.1 Å². The molecule has 4 aromatic rings. The molecule has 0 bridgehead atoms. The van der Waals surface area contributed by atoms with Gasteiger partial charge in [0.1, 0.15) is 12.4 Å². The van der Waals surface area contributed by atoms with E-state index in [9.17, 15) is 4.79 Å². The molecule has 0 saturated carbocycles. The lowest BCUT2D eigenvalue weighted by Gasteiger charge is -2.11. The fourth-order valence-corrected chi connectivity index (χ4v) is 3.47. The van der Waals surface area contributed by atoms with Crippen molar-refractivity contribution in [1.82, 2.24) is 15.2 Å². The maximum Gasteiger partial charge on any atom is 0.296 e. The minimum atomic E-state index is -0.316. The van der Waals surface area contributed by atoms with Gasteiger partial charge in [-0.25, -0.2) is 0 Å². The van der Waals surface area contributed by atoms with E-state index in [1.54, 1.807) is 25.6 Å². The molecule has 0 aliphatic carbocycles. The molecule has 0 radical (unpaired) electrons. The molecule has 2 aromatic carbocycles. The fourth-order valence-electron chi connectivity index (χ4n) is 2.88. The fraction of sp³-hybridized carbons (Fsp3) is 0.0909. The summed E-state index contributed by atoms with van der Waals surface area (Å²) in [5, 5.41) is 11.5. The van der Waals surface area contributed by atoms with Crippen LogP contribution in [0.15, 0.2) is 73.1 Å². The molecule has 0 saturated heterocycles. The Morgan fingerprint density at radius 2 is 1.80 bits per heavy atom. The van der Waals surface area contributed by atoms with E-state index in [-0.39, 0.29) is 5.91 Å². The largest absolute Gasteiger partial charge is 0.496 e. The smallest absolute Gasteiger partial charge is 0.296 e. The van der Waals surface area contributed by atoms with E-state index in [1.165, 1.54) is 11.3 Å². The third-order valence-electron chi connectivity index (χ3n) is 4.29. The van der Waals surface area contributed by atoms with Gasteiger partial charge in [-0.3, -0.25) is 15.1 Å². The zero-order chi connectivity index (χ0) is 20.8. The Hall–Kier alpha value is -3.78. The van der Waals surface area contributed by atoms with Crippen molar-refractivity contribution in [3.05, 3.63) is 84.2 Å². The maximum atomic E-state index is 12.9. The predicted octanol–water partition coefficient (Wildman–Crippen LogP) is 4.44. The number of carbonyl (C=O) groups excluding carboxylic acids is 1. The summed E-state index contributed by atoms with van der Waals surface area (Å²) in [5.74, 6) is 0.344. The summed E-state index contributed by atoms with van der Waals surface area (Å²) < 4.78 is 11.1. The molecule has 1 amide bonds. The Morgan fingerprint density at radius 3 is 2.63 bits per heavy atom. The number of hydrogen-bond donors (Lipinski definition) is 1. The van der Waals surface area contributed by atoms with Crippen molar-refractivity contribution in [3.63, 3.8) is 0 Å². The van der Waals surface area contributed by atoms with E-state index in [0.717, 1.165) is 11.1 Å². The lowest BCUT2D eigenvalue weighted by atomic mass is 10.0. The molecule has 1 N–H and O–H groups in total. The minimum absolute atomic E-state index is 0.316. The van der Waals surface area contributed by atoms with Crippen LogP contribution in [0.1, 0.15) is 15.9 Å². The molecule has 2 heterocycles. The van der Waals surface area contributed by atoms with Gasteiger partial charge in [0, 0.05) is 23.5 Å². The van der Waals surface area contributed by atoms with Crippen LogP contribution in [-0.2, 0) is 6.61 Å². The summed E-state index contributed by atoms with van der Waals surface area (Å²) in [6.45, 7) is 0.381. The van der Waals surface area contributed by atoms with Gasteiger partial charge in [0.2, 0.25) is 5.13 Å². The normalized spacial score (nSPS) is 10.4. The molecule has 0 aliphatic heterocycles. The summed E-state index contributed by atoms with van der Waals surface area (Å²) in [5.41, 5.74) is 2.92. The Bertz CT molecular complexity index is 1150. The van der Waals surface area contributed by atoms with Crippen LogP contribution in [0.25, 0.3) is 11.1 Å². The number of methoxy groups -OCH3 is 1. The molecule has 30 heavy (non-hydrogen) atoms. The molecule has 4 rings (SSSR count). The van der Waals surface area contributed by atoms with Gasteiger partial charge in [-0.1, -0.05) is 53.6 Å². The summed E-state index contributed by atoms with van der Waals surface area (Å²) >= 11 is 1.17. The zero-order valence-electron chi connectivity index (χ0n) is 16.1. The number of pyridine rings is 1. The molecule has 7 nitrogen and oxygen atoms in total. The number of nitrogens with zero attached hydrogens (tertiary/aromatic N) is 3. The number of hydrogen-bond acceptors (Lipinski definition) is 7. The van der Waals surface area contributed by atoms with Crippen LogP contribution in [0, 0.1) is 0 Å². The van der Waals surface area contributed by atoms with Gasteiger partial charge in [-0.05, 0) is 29.0 Å². The standard InChI is InChI=1S/C22H18N4O3S/c1-28-19-10-6-5-9-16(19)18-13-23-12-11-17(18)20(27)24-21-25-26-22(30-21)29-14-15-7-3-2-4-8-15/h2-13H,14H2,1H3,(H,24,25,27). The lowest BCUT2D eigenvalue weighted by molar-refractivity contribution is 0.102. The van der Waals surface area contributed by atoms with Crippen LogP contribution in [-0.4, -0.2) is 28.2 Å². The first-order valence-corrected chi connectivity index (χ1v) is 9.95. The number of amides is 1. The number of nitrogens with one attached hydrogen (secondary N) is 1. The molecule has 0 aliphatic rings. The average molecular weight is 418 g/mol. The van der Waals surface area contributed by atoms with Gasteiger partial charge >= 0.3 is 0 Å². The van der Waals surface area contributed by atoms with Crippen molar-refractivity contribution in [2.45, 2.75) is 6.61 Å². The van der Waals surface area contributed by atoms with Crippen molar-refractivity contribution in [2.75, 3.05) is 12.4 Å². The van der Waals surface area contributed by atoms with E-state index < -0.39 is 0 Å². The average Bonchev–Trinajstić information content (AvgIpc) is 3.25. The van der Waals surface area contributed by atoms with E-state index >= 15 is 0 Å². The van der Waals surface area contributed by atoms with E-state index in [2.05, 4.69) is 20.5 Å². The quantitative estimate of drug-likeness (QED) is 0.478. The van der Waals surface area contributed by atoms with Gasteiger partial charge < -0.3 is 9.47 Å². The topological polar surface area (TPSA) is 86.2 Å². The van der Waals surface area contributed by atoms with Crippen molar-refractivity contribution >= 4 is 22.4 Å². The highest BCUT2D eigenvalue weighted by atomic mass is 32.1. The van der Waals surface area contributed by atoms with Crippen LogP contribution in [0.2, 0.25) is 0 Å². The first-order chi connectivity index (χ1) is 14.7. The Kier molecular flexibility index (Phi) is 5.95. The number of ether oxygens (including phenoxy) is 2. The zero-order valence-corrected chi connectivity index (χ0v) is 16.9. The first-order valence-electron chi connectivity index (χ1n) is 9.13. The summed E-state index contributed by atoms with van der Waals surface area (Å²) in [7, 11) is 1.59. The molecule has 0 atom stereocenters. The number of anilines is 1. The molecule has 150 valence electrons. The van der Waals surface area contributed by atoms with Gasteiger partial charge in [0.15, 0.2) is 0 Å².